The summed E-state index contributed by atoms with van der Waals surface area (Å²) in [5.41, 5.74) is 9.09. The van der Waals surface area contributed by atoms with Crippen LogP contribution in [0.4, 0.5) is 5.69 Å². The van der Waals surface area contributed by atoms with Gasteiger partial charge in [0.1, 0.15) is 0 Å². The largest absolute Gasteiger partial charge is 0.348 e. The minimum absolute atomic E-state index is 0.111. The Hall–Kier alpha value is -2.66. The molecule has 1 aliphatic heterocycles. The summed E-state index contributed by atoms with van der Waals surface area (Å²) in [6.45, 7) is 0.538. The molecule has 0 bridgehead atoms. The average molecular weight is 295 g/mol. The summed E-state index contributed by atoms with van der Waals surface area (Å²) in [7, 11) is 0. The molecule has 1 atom stereocenters. The summed E-state index contributed by atoms with van der Waals surface area (Å²) in [6.07, 6.45) is 0.470. The van der Waals surface area contributed by atoms with Gasteiger partial charge in [0.15, 0.2) is 0 Å². The van der Waals surface area contributed by atoms with Crippen molar-refractivity contribution >= 4 is 17.5 Å². The predicted octanol–water partition coefficient (Wildman–Crippen LogP) is 1.44. The van der Waals surface area contributed by atoms with Gasteiger partial charge in [-0.3, -0.25) is 9.59 Å². The summed E-state index contributed by atoms with van der Waals surface area (Å²) < 4.78 is 0. The summed E-state index contributed by atoms with van der Waals surface area (Å²) in [5.74, 6) is -0.373. The molecule has 0 aromatic heterocycles. The van der Waals surface area contributed by atoms with E-state index in [2.05, 4.69) is 10.6 Å². The molecule has 0 saturated carbocycles. The van der Waals surface area contributed by atoms with Gasteiger partial charge in [0, 0.05) is 17.8 Å². The van der Waals surface area contributed by atoms with E-state index in [9.17, 15) is 9.59 Å². The molecule has 112 valence electrons. The van der Waals surface area contributed by atoms with E-state index in [1.165, 1.54) is 0 Å². The van der Waals surface area contributed by atoms with Crippen LogP contribution in [-0.4, -0.2) is 17.9 Å². The van der Waals surface area contributed by atoms with E-state index in [4.69, 9.17) is 5.73 Å². The minimum Gasteiger partial charge on any atom is -0.348 e. The standard InChI is InChI=1S/C17H17N3O2/c18-15(8-11-4-2-1-3-5-11)17(22)20-13-7-6-12-10-19-16(21)14(12)9-13/h1-7,9,15H,8,10,18H2,(H,19,21)(H,20,22)/t15-/m0/s1. The number of hydrogen-bond donors (Lipinski definition) is 3. The molecule has 0 unspecified atom stereocenters. The van der Waals surface area contributed by atoms with Gasteiger partial charge < -0.3 is 16.4 Å². The van der Waals surface area contributed by atoms with Crippen LogP contribution in [0.15, 0.2) is 48.5 Å². The fourth-order valence-corrected chi connectivity index (χ4v) is 2.49. The van der Waals surface area contributed by atoms with Gasteiger partial charge in [0.05, 0.1) is 6.04 Å². The maximum Gasteiger partial charge on any atom is 0.251 e. The highest BCUT2D eigenvalue weighted by atomic mass is 16.2. The molecule has 0 radical (unpaired) electrons. The van der Waals surface area contributed by atoms with Crippen molar-refractivity contribution in [1.29, 1.82) is 0 Å². The van der Waals surface area contributed by atoms with Gasteiger partial charge in [-0.25, -0.2) is 0 Å². The molecule has 0 fully saturated rings. The van der Waals surface area contributed by atoms with Gasteiger partial charge in [0.25, 0.3) is 5.91 Å². The van der Waals surface area contributed by atoms with Crippen LogP contribution in [0.2, 0.25) is 0 Å². The number of carbonyl (C=O) groups is 2. The second-order valence-corrected chi connectivity index (χ2v) is 5.34. The van der Waals surface area contributed by atoms with Crippen LogP contribution in [0.25, 0.3) is 0 Å². The Bertz CT molecular complexity index is 713. The van der Waals surface area contributed by atoms with Crippen molar-refractivity contribution in [2.24, 2.45) is 5.73 Å². The SMILES string of the molecule is N[C@@H](Cc1ccccc1)C(=O)Nc1ccc2c(c1)C(=O)NC2. The van der Waals surface area contributed by atoms with E-state index in [-0.39, 0.29) is 11.8 Å². The Morgan fingerprint density at radius 1 is 1.23 bits per heavy atom. The van der Waals surface area contributed by atoms with Crippen LogP contribution in [-0.2, 0) is 17.8 Å². The first-order chi connectivity index (χ1) is 10.6. The van der Waals surface area contributed by atoms with Gasteiger partial charge in [0.2, 0.25) is 5.91 Å². The lowest BCUT2D eigenvalue weighted by atomic mass is 10.1. The van der Waals surface area contributed by atoms with Gasteiger partial charge in [-0.2, -0.15) is 0 Å². The number of fused-ring (bicyclic) bond motifs is 1. The van der Waals surface area contributed by atoms with E-state index < -0.39 is 6.04 Å². The molecule has 4 N–H and O–H groups in total. The van der Waals surface area contributed by atoms with Crippen molar-refractivity contribution < 1.29 is 9.59 Å². The Labute approximate surface area is 128 Å². The van der Waals surface area contributed by atoms with Crippen molar-refractivity contribution in [3.63, 3.8) is 0 Å². The fourth-order valence-electron chi connectivity index (χ4n) is 2.49. The van der Waals surface area contributed by atoms with Crippen molar-refractivity contribution in [2.45, 2.75) is 19.0 Å². The number of nitrogens with one attached hydrogen (secondary N) is 2. The smallest absolute Gasteiger partial charge is 0.251 e. The molecule has 2 aromatic carbocycles. The van der Waals surface area contributed by atoms with E-state index in [0.29, 0.717) is 24.2 Å². The van der Waals surface area contributed by atoms with Crippen LogP contribution in [0.1, 0.15) is 21.5 Å². The summed E-state index contributed by atoms with van der Waals surface area (Å²) in [5, 5.41) is 5.51. The number of carbonyl (C=O) groups excluding carboxylic acids is 2. The van der Waals surface area contributed by atoms with E-state index in [1.807, 2.05) is 36.4 Å². The lowest BCUT2D eigenvalue weighted by Gasteiger charge is -2.13. The Kier molecular flexibility index (Phi) is 3.89. The highest BCUT2D eigenvalue weighted by Crippen LogP contribution is 2.20. The van der Waals surface area contributed by atoms with Gasteiger partial charge >= 0.3 is 0 Å². The zero-order chi connectivity index (χ0) is 15.5. The molecule has 0 aliphatic carbocycles. The second-order valence-electron chi connectivity index (χ2n) is 5.34. The zero-order valence-corrected chi connectivity index (χ0v) is 12.0. The number of nitrogens with two attached hydrogens (primary N) is 1. The molecule has 0 spiro atoms. The van der Waals surface area contributed by atoms with Crippen LogP contribution in [0.3, 0.4) is 0 Å². The Morgan fingerprint density at radius 3 is 2.77 bits per heavy atom. The van der Waals surface area contributed by atoms with E-state index >= 15 is 0 Å². The molecule has 1 aliphatic rings. The zero-order valence-electron chi connectivity index (χ0n) is 12.0. The summed E-state index contributed by atoms with van der Waals surface area (Å²) in [4.78, 5) is 23.8. The second kappa shape index (κ2) is 5.99. The van der Waals surface area contributed by atoms with Crippen molar-refractivity contribution in [3.05, 3.63) is 65.2 Å². The normalized spacial score (nSPS) is 14.1. The van der Waals surface area contributed by atoms with E-state index in [0.717, 1.165) is 11.1 Å². The van der Waals surface area contributed by atoms with Gasteiger partial charge in [-0.05, 0) is 29.7 Å². The average Bonchev–Trinajstić information content (AvgIpc) is 2.89. The molecule has 5 nitrogen and oxygen atoms in total. The molecule has 22 heavy (non-hydrogen) atoms. The molecule has 2 aromatic rings. The van der Waals surface area contributed by atoms with Gasteiger partial charge in [-0.15, -0.1) is 0 Å². The Balaban J connectivity index is 1.67. The third kappa shape index (κ3) is 2.99. The lowest BCUT2D eigenvalue weighted by Crippen LogP contribution is -2.37. The van der Waals surface area contributed by atoms with Crippen LogP contribution in [0, 0.1) is 0 Å². The number of rotatable bonds is 4. The van der Waals surface area contributed by atoms with Crippen molar-refractivity contribution in [3.8, 4) is 0 Å². The van der Waals surface area contributed by atoms with Crippen molar-refractivity contribution in [1.82, 2.24) is 5.32 Å². The molecule has 5 heteroatoms. The maximum atomic E-state index is 12.2. The monoisotopic (exact) mass is 295 g/mol. The predicted molar refractivity (Wildman–Crippen MR) is 84.4 cm³/mol. The first kappa shape index (κ1) is 14.3. The molecular formula is C17H17N3O2. The Morgan fingerprint density at radius 2 is 2.00 bits per heavy atom. The van der Waals surface area contributed by atoms with Crippen LogP contribution >= 0.6 is 0 Å². The molecule has 1 heterocycles. The topological polar surface area (TPSA) is 84.2 Å². The van der Waals surface area contributed by atoms with Crippen molar-refractivity contribution in [2.75, 3.05) is 5.32 Å². The fraction of sp³-hybridized carbons (Fsp3) is 0.176. The molecule has 0 saturated heterocycles. The third-order valence-electron chi connectivity index (χ3n) is 3.70. The van der Waals surface area contributed by atoms with Gasteiger partial charge in [-0.1, -0.05) is 36.4 Å². The summed E-state index contributed by atoms with van der Waals surface area (Å²) in [6, 6.07) is 14.3. The quantitative estimate of drug-likeness (QED) is 0.798. The summed E-state index contributed by atoms with van der Waals surface area (Å²) >= 11 is 0. The number of amides is 2. The molecule has 2 amide bonds. The maximum absolute atomic E-state index is 12.2. The third-order valence-corrected chi connectivity index (χ3v) is 3.70. The van der Waals surface area contributed by atoms with E-state index in [1.54, 1.807) is 12.1 Å². The number of benzene rings is 2. The highest BCUT2D eigenvalue weighted by Gasteiger charge is 2.20. The first-order valence-corrected chi connectivity index (χ1v) is 7.15. The molecule has 3 rings (SSSR count). The number of anilines is 1. The minimum atomic E-state index is -0.635. The number of hydrogen-bond acceptors (Lipinski definition) is 3. The molecular weight excluding hydrogens is 278 g/mol. The lowest BCUT2D eigenvalue weighted by molar-refractivity contribution is -0.117. The van der Waals surface area contributed by atoms with Crippen LogP contribution < -0.4 is 16.4 Å². The van der Waals surface area contributed by atoms with Crippen LogP contribution in [0.5, 0.6) is 0 Å². The first-order valence-electron chi connectivity index (χ1n) is 7.15. The highest BCUT2D eigenvalue weighted by molar-refractivity contribution is 6.01.